The lowest BCUT2D eigenvalue weighted by molar-refractivity contribution is -0.0555. The highest BCUT2D eigenvalue weighted by Gasteiger charge is 2.31. The molecule has 1 aromatic rings. The largest absolute Gasteiger partial charge is 0.494 e. The van der Waals surface area contributed by atoms with Crippen LogP contribution in [0.2, 0.25) is 0 Å². The summed E-state index contributed by atoms with van der Waals surface area (Å²) in [4.78, 5) is 2.46. The fourth-order valence-corrected chi connectivity index (χ4v) is 2.69. The maximum absolute atomic E-state index is 6.02. The van der Waals surface area contributed by atoms with Crippen molar-refractivity contribution in [1.82, 2.24) is 4.90 Å². The third-order valence-electron chi connectivity index (χ3n) is 4.09. The average Bonchev–Trinajstić information content (AvgIpc) is 2.43. The zero-order valence-corrected chi connectivity index (χ0v) is 13.7. The fraction of sp³-hybridized carbons (Fsp3) is 0.647. The maximum Gasteiger partial charge on any atom is 0.123 e. The van der Waals surface area contributed by atoms with E-state index >= 15 is 0 Å². The number of hydrogen-bond donors (Lipinski definition) is 1. The molecule has 1 saturated heterocycles. The SMILES string of the molecule is CCOc1ccc(C(C)N)cc1CN1CCOCC1(C)C. The van der Waals surface area contributed by atoms with Gasteiger partial charge in [0.15, 0.2) is 0 Å². The van der Waals surface area contributed by atoms with E-state index in [-0.39, 0.29) is 11.6 Å². The molecule has 0 aromatic heterocycles. The summed E-state index contributed by atoms with van der Waals surface area (Å²) in [6, 6.07) is 6.33. The van der Waals surface area contributed by atoms with Crippen molar-refractivity contribution in [2.75, 3.05) is 26.4 Å². The Labute approximate surface area is 128 Å². The summed E-state index contributed by atoms with van der Waals surface area (Å²) in [7, 11) is 0. The van der Waals surface area contributed by atoms with Crippen molar-refractivity contribution in [3.63, 3.8) is 0 Å². The summed E-state index contributed by atoms with van der Waals surface area (Å²) in [5.41, 5.74) is 8.43. The van der Waals surface area contributed by atoms with Crippen LogP contribution in [-0.4, -0.2) is 36.8 Å². The minimum Gasteiger partial charge on any atom is -0.494 e. The van der Waals surface area contributed by atoms with Crippen molar-refractivity contribution in [2.24, 2.45) is 5.73 Å². The van der Waals surface area contributed by atoms with Gasteiger partial charge in [0.1, 0.15) is 5.75 Å². The molecule has 1 fully saturated rings. The number of morpholine rings is 1. The molecule has 0 spiro atoms. The molecule has 0 aliphatic carbocycles. The van der Waals surface area contributed by atoms with E-state index in [4.69, 9.17) is 15.2 Å². The number of hydrogen-bond acceptors (Lipinski definition) is 4. The summed E-state index contributed by atoms with van der Waals surface area (Å²) in [6.45, 7) is 12.5. The van der Waals surface area contributed by atoms with Gasteiger partial charge in [-0.1, -0.05) is 6.07 Å². The van der Waals surface area contributed by atoms with Gasteiger partial charge in [-0.3, -0.25) is 4.90 Å². The van der Waals surface area contributed by atoms with Crippen LogP contribution in [0.25, 0.3) is 0 Å². The van der Waals surface area contributed by atoms with Gasteiger partial charge in [-0.25, -0.2) is 0 Å². The summed E-state index contributed by atoms with van der Waals surface area (Å²) < 4.78 is 11.4. The quantitative estimate of drug-likeness (QED) is 0.906. The Balaban J connectivity index is 2.25. The smallest absolute Gasteiger partial charge is 0.123 e. The van der Waals surface area contributed by atoms with Gasteiger partial charge in [-0.05, 0) is 45.4 Å². The van der Waals surface area contributed by atoms with E-state index in [1.165, 1.54) is 5.56 Å². The van der Waals surface area contributed by atoms with Crippen LogP contribution in [0.15, 0.2) is 18.2 Å². The molecule has 1 atom stereocenters. The molecule has 4 heteroatoms. The van der Waals surface area contributed by atoms with E-state index in [0.717, 1.165) is 37.6 Å². The Bertz CT molecular complexity index is 472. The van der Waals surface area contributed by atoms with Crippen molar-refractivity contribution in [1.29, 1.82) is 0 Å². The van der Waals surface area contributed by atoms with Crippen LogP contribution >= 0.6 is 0 Å². The average molecular weight is 292 g/mol. The Morgan fingerprint density at radius 2 is 2.19 bits per heavy atom. The van der Waals surface area contributed by atoms with Crippen LogP contribution in [0.3, 0.4) is 0 Å². The molecule has 1 unspecified atom stereocenters. The monoisotopic (exact) mass is 292 g/mol. The molecule has 2 rings (SSSR count). The zero-order chi connectivity index (χ0) is 15.5. The first-order chi connectivity index (χ1) is 9.94. The molecule has 118 valence electrons. The highest BCUT2D eigenvalue weighted by atomic mass is 16.5. The van der Waals surface area contributed by atoms with Crippen LogP contribution < -0.4 is 10.5 Å². The molecule has 1 aromatic carbocycles. The molecule has 2 N–H and O–H groups in total. The Morgan fingerprint density at radius 1 is 1.43 bits per heavy atom. The molecular weight excluding hydrogens is 264 g/mol. The fourth-order valence-electron chi connectivity index (χ4n) is 2.69. The Hall–Kier alpha value is -1.10. The second kappa shape index (κ2) is 6.77. The molecule has 0 saturated carbocycles. The third kappa shape index (κ3) is 3.96. The first-order valence-corrected chi connectivity index (χ1v) is 7.78. The van der Waals surface area contributed by atoms with Crippen molar-refractivity contribution < 1.29 is 9.47 Å². The maximum atomic E-state index is 6.02. The highest BCUT2D eigenvalue weighted by molar-refractivity contribution is 5.38. The first kappa shape index (κ1) is 16.3. The number of benzene rings is 1. The van der Waals surface area contributed by atoms with Crippen molar-refractivity contribution in [2.45, 2.75) is 45.8 Å². The van der Waals surface area contributed by atoms with Crippen LogP contribution in [-0.2, 0) is 11.3 Å². The van der Waals surface area contributed by atoms with Gasteiger partial charge in [0, 0.05) is 30.2 Å². The Kier molecular flexibility index (Phi) is 5.25. The van der Waals surface area contributed by atoms with Gasteiger partial charge in [0.2, 0.25) is 0 Å². The predicted molar refractivity (Wildman–Crippen MR) is 85.5 cm³/mol. The lowest BCUT2D eigenvalue weighted by Gasteiger charge is -2.42. The number of nitrogens with two attached hydrogens (primary N) is 1. The molecule has 1 aliphatic heterocycles. The number of nitrogens with zero attached hydrogens (tertiary/aromatic N) is 1. The summed E-state index contributed by atoms with van der Waals surface area (Å²) in [5, 5.41) is 0. The summed E-state index contributed by atoms with van der Waals surface area (Å²) >= 11 is 0. The molecule has 21 heavy (non-hydrogen) atoms. The van der Waals surface area contributed by atoms with Crippen molar-refractivity contribution in [3.05, 3.63) is 29.3 Å². The van der Waals surface area contributed by atoms with Crippen LogP contribution in [0, 0.1) is 0 Å². The standard InChI is InChI=1S/C17H28N2O2/c1-5-21-16-7-6-14(13(2)18)10-15(16)11-19-8-9-20-12-17(19,3)4/h6-7,10,13H,5,8-9,11-12,18H2,1-4H3. The number of ether oxygens (including phenoxy) is 2. The van der Waals surface area contributed by atoms with E-state index in [0.29, 0.717) is 6.61 Å². The normalized spacial score (nSPS) is 20.2. The topological polar surface area (TPSA) is 47.7 Å². The van der Waals surface area contributed by atoms with Crippen molar-refractivity contribution >= 4 is 0 Å². The van der Waals surface area contributed by atoms with Gasteiger partial charge >= 0.3 is 0 Å². The second-order valence-electron chi connectivity index (χ2n) is 6.38. The van der Waals surface area contributed by atoms with Gasteiger partial charge in [0.25, 0.3) is 0 Å². The lowest BCUT2D eigenvalue weighted by Crippen LogP contribution is -2.52. The summed E-state index contributed by atoms with van der Waals surface area (Å²) in [6.07, 6.45) is 0. The van der Waals surface area contributed by atoms with Crippen LogP contribution in [0.4, 0.5) is 0 Å². The van der Waals surface area contributed by atoms with E-state index in [1.54, 1.807) is 0 Å². The second-order valence-corrected chi connectivity index (χ2v) is 6.38. The van der Waals surface area contributed by atoms with Crippen molar-refractivity contribution in [3.8, 4) is 5.75 Å². The van der Waals surface area contributed by atoms with Gasteiger partial charge in [-0.2, -0.15) is 0 Å². The third-order valence-corrected chi connectivity index (χ3v) is 4.09. The molecule has 1 heterocycles. The lowest BCUT2D eigenvalue weighted by atomic mass is 9.99. The van der Waals surface area contributed by atoms with E-state index in [1.807, 2.05) is 19.9 Å². The minimum absolute atomic E-state index is 0.0390. The van der Waals surface area contributed by atoms with Gasteiger partial charge < -0.3 is 15.2 Å². The highest BCUT2D eigenvalue weighted by Crippen LogP contribution is 2.28. The van der Waals surface area contributed by atoms with Gasteiger partial charge in [0.05, 0.1) is 19.8 Å². The summed E-state index contributed by atoms with van der Waals surface area (Å²) in [5.74, 6) is 0.962. The molecule has 1 aliphatic rings. The Morgan fingerprint density at radius 3 is 2.81 bits per heavy atom. The molecule has 4 nitrogen and oxygen atoms in total. The van der Waals surface area contributed by atoms with E-state index in [2.05, 4.69) is 30.9 Å². The van der Waals surface area contributed by atoms with Gasteiger partial charge in [-0.15, -0.1) is 0 Å². The van der Waals surface area contributed by atoms with E-state index in [9.17, 15) is 0 Å². The number of rotatable bonds is 5. The van der Waals surface area contributed by atoms with Crippen LogP contribution in [0.5, 0.6) is 5.75 Å². The minimum atomic E-state index is 0.0390. The zero-order valence-electron chi connectivity index (χ0n) is 13.7. The molecular formula is C17H28N2O2. The predicted octanol–water partition coefficient (Wildman–Crippen LogP) is 2.72. The van der Waals surface area contributed by atoms with Crippen LogP contribution in [0.1, 0.15) is 44.9 Å². The molecule has 0 radical (unpaired) electrons. The molecule has 0 amide bonds. The van der Waals surface area contributed by atoms with E-state index < -0.39 is 0 Å². The molecule has 0 bridgehead atoms. The first-order valence-electron chi connectivity index (χ1n) is 7.78.